The molecule has 0 amide bonds. The molecule has 0 aliphatic carbocycles. The molecule has 0 aromatic rings. The molecule has 1 aliphatic rings. The normalized spacial score (nSPS) is 21.3. The molecular weight excluding hydrogens is 190 g/mol. The summed E-state index contributed by atoms with van der Waals surface area (Å²) in [5, 5.41) is 0. The minimum Gasteiger partial charge on any atom is -0.340 e. The van der Waals surface area contributed by atoms with Gasteiger partial charge in [-0.05, 0) is 12.8 Å². The maximum atomic E-state index is 4.82. The predicted octanol–water partition coefficient (Wildman–Crippen LogP) is 1.61. The predicted molar refractivity (Wildman–Crippen MR) is 60.1 cm³/mol. The molecule has 4 heteroatoms. The molecule has 86 valence electrons. The zero-order valence-corrected chi connectivity index (χ0v) is 9.27. The van der Waals surface area contributed by atoms with Crippen LogP contribution >= 0.6 is 0 Å². The Hall–Kier alpha value is -0.760. The highest BCUT2D eigenvalue weighted by molar-refractivity contribution is 4.90. The van der Waals surface area contributed by atoms with E-state index in [1.54, 1.807) is 0 Å². The molecule has 0 radical (unpaired) electrons. The van der Waals surface area contributed by atoms with Crippen LogP contribution in [0.1, 0.15) is 51.4 Å². The summed E-state index contributed by atoms with van der Waals surface area (Å²) < 4.78 is 0. The Morgan fingerprint density at radius 3 is 2.47 bits per heavy atom. The smallest absolute Gasteiger partial charge is 0.139 e. The van der Waals surface area contributed by atoms with Crippen molar-refractivity contribution in [2.45, 2.75) is 51.4 Å². The van der Waals surface area contributed by atoms with Crippen LogP contribution in [0.4, 0.5) is 0 Å². The average molecular weight is 211 g/mol. The first-order chi connectivity index (χ1) is 7.50. The minimum absolute atomic E-state index is 0.926. The van der Waals surface area contributed by atoms with Crippen LogP contribution in [0.15, 0.2) is 0 Å². The lowest BCUT2D eigenvalue weighted by Gasteiger charge is -2.05. The Balaban J connectivity index is 2.10. The highest BCUT2D eigenvalue weighted by atomic mass is 16.7. The highest BCUT2D eigenvalue weighted by Crippen LogP contribution is 2.07. The fourth-order valence-electron chi connectivity index (χ4n) is 1.55. The Labute approximate surface area is 92.0 Å². The number of hydrogen-bond acceptors (Lipinski definition) is 4. The molecule has 3 N–H and O–H groups in total. The van der Waals surface area contributed by atoms with E-state index in [-0.39, 0.29) is 0 Å². The Morgan fingerprint density at radius 2 is 1.60 bits per heavy atom. The van der Waals surface area contributed by atoms with E-state index in [9.17, 15) is 0 Å². The lowest BCUT2D eigenvalue weighted by atomic mass is 10.1. The summed E-state index contributed by atoms with van der Waals surface area (Å²) in [4.78, 5) is 4.82. The van der Waals surface area contributed by atoms with E-state index in [1.165, 1.54) is 44.9 Å². The molecule has 0 saturated heterocycles. The van der Waals surface area contributed by atoms with E-state index >= 15 is 0 Å². The highest BCUT2D eigenvalue weighted by Gasteiger charge is 1.92. The summed E-state index contributed by atoms with van der Waals surface area (Å²) in [6, 6.07) is 0. The Kier molecular flexibility index (Phi) is 8.03. The van der Waals surface area contributed by atoms with Crippen molar-refractivity contribution in [2.75, 3.05) is 6.54 Å². The molecule has 15 heavy (non-hydrogen) atoms. The van der Waals surface area contributed by atoms with E-state index in [4.69, 9.17) is 4.84 Å². The minimum atomic E-state index is 0.926. The van der Waals surface area contributed by atoms with Crippen LogP contribution < -0.4 is 16.5 Å². The fourth-order valence-corrected chi connectivity index (χ4v) is 1.55. The largest absolute Gasteiger partial charge is 0.340 e. The third kappa shape index (κ3) is 8.25. The number of rotatable bonds is 0. The van der Waals surface area contributed by atoms with Crippen molar-refractivity contribution in [3.8, 4) is 12.0 Å². The zero-order chi connectivity index (χ0) is 10.6. The molecule has 1 rings (SSSR count). The molecule has 1 aliphatic heterocycles. The topological polar surface area (TPSA) is 45.3 Å². The van der Waals surface area contributed by atoms with Crippen molar-refractivity contribution in [3.05, 3.63) is 0 Å². The molecule has 0 unspecified atom stereocenters. The summed E-state index contributed by atoms with van der Waals surface area (Å²) in [7, 11) is 0. The first-order valence-corrected chi connectivity index (χ1v) is 5.87. The summed E-state index contributed by atoms with van der Waals surface area (Å²) in [5.74, 6) is 2.95. The molecular formula is C11H21N3O. The maximum absolute atomic E-state index is 4.82. The fraction of sp³-hybridized carbons (Fsp3) is 0.818. The van der Waals surface area contributed by atoms with Crippen molar-refractivity contribution >= 4 is 0 Å². The average Bonchev–Trinajstić information content (AvgIpc) is 2.27. The van der Waals surface area contributed by atoms with Gasteiger partial charge < -0.3 is 4.84 Å². The standard InChI is InChI=1S/C11H21N3O/c1-2-4-6-8-10-12-13-14-15-11-9-7-5-3-1/h12-14H,1-8,10H2. The summed E-state index contributed by atoms with van der Waals surface area (Å²) >= 11 is 0. The maximum Gasteiger partial charge on any atom is 0.139 e. The quantitative estimate of drug-likeness (QED) is 0.533. The van der Waals surface area contributed by atoms with Gasteiger partial charge in [0.25, 0.3) is 0 Å². The lowest BCUT2D eigenvalue weighted by Crippen LogP contribution is -2.42. The van der Waals surface area contributed by atoms with Crippen molar-refractivity contribution in [3.63, 3.8) is 0 Å². The van der Waals surface area contributed by atoms with Crippen molar-refractivity contribution in [2.24, 2.45) is 0 Å². The molecule has 0 saturated carbocycles. The summed E-state index contributed by atoms with van der Waals surface area (Å²) in [6.07, 6.45) is 12.5. The molecule has 0 aromatic carbocycles. The second-order valence-corrected chi connectivity index (χ2v) is 3.76. The van der Waals surface area contributed by atoms with Crippen LogP contribution in [0, 0.1) is 12.0 Å². The van der Waals surface area contributed by atoms with E-state index in [0.717, 1.165) is 13.0 Å². The van der Waals surface area contributed by atoms with Crippen LogP contribution in [0.2, 0.25) is 0 Å². The van der Waals surface area contributed by atoms with Crippen LogP contribution in [0.5, 0.6) is 0 Å². The summed E-state index contributed by atoms with van der Waals surface area (Å²) in [5.41, 5.74) is 8.25. The number of hydrogen-bond donors (Lipinski definition) is 3. The lowest BCUT2D eigenvalue weighted by molar-refractivity contribution is 0.0958. The van der Waals surface area contributed by atoms with Gasteiger partial charge in [0.15, 0.2) is 0 Å². The van der Waals surface area contributed by atoms with Crippen LogP contribution in [0.3, 0.4) is 0 Å². The Bertz CT molecular complexity index is 180. The van der Waals surface area contributed by atoms with Gasteiger partial charge in [-0.3, -0.25) is 0 Å². The molecule has 0 bridgehead atoms. The Morgan fingerprint density at radius 1 is 0.867 bits per heavy atom. The first-order valence-electron chi connectivity index (χ1n) is 5.87. The third-order valence-electron chi connectivity index (χ3n) is 2.42. The second-order valence-electron chi connectivity index (χ2n) is 3.76. The molecule has 0 spiro atoms. The molecule has 1 heterocycles. The SMILES string of the molecule is C1#CONNNCCCCCCCCC1. The van der Waals surface area contributed by atoms with E-state index < -0.39 is 0 Å². The van der Waals surface area contributed by atoms with Crippen molar-refractivity contribution in [1.82, 2.24) is 16.5 Å². The van der Waals surface area contributed by atoms with Crippen LogP contribution in [-0.4, -0.2) is 6.54 Å². The van der Waals surface area contributed by atoms with Gasteiger partial charge in [0.1, 0.15) is 6.11 Å². The van der Waals surface area contributed by atoms with E-state index in [2.05, 4.69) is 28.6 Å². The third-order valence-corrected chi connectivity index (χ3v) is 2.42. The molecule has 0 atom stereocenters. The van der Waals surface area contributed by atoms with Crippen LogP contribution in [-0.2, 0) is 4.84 Å². The number of nitrogens with one attached hydrogen (secondary N) is 3. The molecule has 0 fully saturated rings. The van der Waals surface area contributed by atoms with Gasteiger partial charge in [0, 0.05) is 13.0 Å². The van der Waals surface area contributed by atoms with E-state index in [0.29, 0.717) is 0 Å². The van der Waals surface area contributed by atoms with Crippen LogP contribution in [0.25, 0.3) is 0 Å². The monoisotopic (exact) mass is 211 g/mol. The van der Waals surface area contributed by atoms with Gasteiger partial charge in [0.2, 0.25) is 0 Å². The van der Waals surface area contributed by atoms with Crippen molar-refractivity contribution < 1.29 is 4.84 Å². The summed E-state index contributed by atoms with van der Waals surface area (Å²) in [6.45, 7) is 0.948. The van der Waals surface area contributed by atoms with Gasteiger partial charge in [-0.1, -0.05) is 43.6 Å². The van der Waals surface area contributed by atoms with Crippen molar-refractivity contribution in [1.29, 1.82) is 0 Å². The van der Waals surface area contributed by atoms with Gasteiger partial charge in [-0.25, -0.2) is 5.43 Å². The van der Waals surface area contributed by atoms with Gasteiger partial charge >= 0.3 is 0 Å². The number of hydrazine groups is 2. The van der Waals surface area contributed by atoms with Gasteiger partial charge in [-0.2, -0.15) is 5.53 Å². The zero-order valence-electron chi connectivity index (χ0n) is 9.27. The molecule has 4 nitrogen and oxygen atoms in total. The second kappa shape index (κ2) is 9.78. The first kappa shape index (κ1) is 12.3. The molecule has 0 aromatic heterocycles. The van der Waals surface area contributed by atoms with E-state index in [1.807, 2.05) is 0 Å². The van der Waals surface area contributed by atoms with Gasteiger partial charge in [0.05, 0.1) is 0 Å². The van der Waals surface area contributed by atoms with Gasteiger partial charge in [-0.15, -0.1) is 0 Å².